The van der Waals surface area contributed by atoms with Crippen LogP contribution in [-0.4, -0.2) is 42.0 Å². The minimum absolute atomic E-state index is 0.849. The first kappa shape index (κ1) is 10.7. The van der Waals surface area contributed by atoms with Gasteiger partial charge in [0.25, 0.3) is 0 Å². The predicted molar refractivity (Wildman–Crippen MR) is 58.8 cm³/mol. The first-order chi connectivity index (χ1) is 6.38. The van der Waals surface area contributed by atoms with Crippen molar-refractivity contribution in [2.75, 3.05) is 31.1 Å². The SMILES string of the molecule is CCCN=C(NN)N1CCSCC1. The molecule has 13 heavy (non-hydrogen) atoms. The third-order valence-corrected chi connectivity index (χ3v) is 2.87. The lowest BCUT2D eigenvalue weighted by atomic mass is 10.5. The first-order valence-corrected chi connectivity index (χ1v) is 5.87. The van der Waals surface area contributed by atoms with Gasteiger partial charge in [-0.05, 0) is 6.42 Å². The molecule has 0 radical (unpaired) electrons. The monoisotopic (exact) mass is 202 g/mol. The topological polar surface area (TPSA) is 53.6 Å². The summed E-state index contributed by atoms with van der Waals surface area (Å²) in [4.78, 5) is 6.60. The molecule has 1 saturated heterocycles. The largest absolute Gasteiger partial charge is 0.340 e. The van der Waals surface area contributed by atoms with Crippen molar-refractivity contribution in [2.45, 2.75) is 13.3 Å². The molecule has 1 rings (SSSR count). The summed E-state index contributed by atoms with van der Waals surface area (Å²) in [6.45, 7) is 5.07. The zero-order valence-corrected chi connectivity index (χ0v) is 8.94. The van der Waals surface area contributed by atoms with E-state index in [1.54, 1.807) is 0 Å². The maximum absolute atomic E-state index is 5.42. The second-order valence-corrected chi connectivity index (χ2v) is 4.17. The van der Waals surface area contributed by atoms with Crippen molar-refractivity contribution in [1.29, 1.82) is 0 Å². The Morgan fingerprint density at radius 2 is 2.23 bits per heavy atom. The Kier molecular flexibility index (Phi) is 5.00. The van der Waals surface area contributed by atoms with Crippen LogP contribution in [-0.2, 0) is 0 Å². The van der Waals surface area contributed by atoms with Gasteiger partial charge in [0, 0.05) is 31.1 Å². The molecular formula is C8H18N4S. The molecule has 0 aromatic rings. The summed E-state index contributed by atoms with van der Waals surface area (Å²) in [6, 6.07) is 0. The van der Waals surface area contributed by atoms with Crippen molar-refractivity contribution < 1.29 is 0 Å². The van der Waals surface area contributed by atoms with Crippen LogP contribution in [0.4, 0.5) is 0 Å². The standard InChI is InChI=1S/C8H18N4S/c1-2-3-10-8(11-9)12-4-6-13-7-5-12/h2-7,9H2,1H3,(H,10,11). The van der Waals surface area contributed by atoms with Gasteiger partial charge in [-0.25, -0.2) is 5.84 Å². The van der Waals surface area contributed by atoms with Crippen LogP contribution in [0, 0.1) is 0 Å². The van der Waals surface area contributed by atoms with Gasteiger partial charge in [0.1, 0.15) is 0 Å². The number of thioether (sulfide) groups is 1. The van der Waals surface area contributed by atoms with Crippen LogP contribution in [0.1, 0.15) is 13.3 Å². The number of hydrogen-bond acceptors (Lipinski definition) is 3. The summed E-state index contributed by atoms with van der Waals surface area (Å²) in [6.07, 6.45) is 1.06. The molecule has 0 bridgehead atoms. The van der Waals surface area contributed by atoms with Gasteiger partial charge in [-0.15, -0.1) is 0 Å². The van der Waals surface area contributed by atoms with Crippen molar-refractivity contribution in [3.63, 3.8) is 0 Å². The molecule has 1 heterocycles. The van der Waals surface area contributed by atoms with E-state index in [-0.39, 0.29) is 0 Å². The summed E-state index contributed by atoms with van der Waals surface area (Å²) in [5, 5.41) is 0. The van der Waals surface area contributed by atoms with E-state index in [0.29, 0.717) is 0 Å². The summed E-state index contributed by atoms with van der Waals surface area (Å²) < 4.78 is 0. The second kappa shape index (κ2) is 6.10. The van der Waals surface area contributed by atoms with Gasteiger partial charge in [0.2, 0.25) is 5.96 Å². The maximum atomic E-state index is 5.42. The highest BCUT2D eigenvalue weighted by atomic mass is 32.2. The van der Waals surface area contributed by atoms with Crippen LogP contribution < -0.4 is 11.3 Å². The molecule has 0 aliphatic carbocycles. The lowest BCUT2D eigenvalue weighted by molar-refractivity contribution is 0.443. The Hall–Kier alpha value is -0.420. The van der Waals surface area contributed by atoms with Crippen molar-refractivity contribution in [1.82, 2.24) is 10.3 Å². The quantitative estimate of drug-likeness (QED) is 0.292. The zero-order valence-electron chi connectivity index (χ0n) is 8.12. The molecule has 3 N–H and O–H groups in total. The number of nitrogens with two attached hydrogens (primary N) is 1. The molecular weight excluding hydrogens is 184 g/mol. The molecule has 0 amide bonds. The molecule has 76 valence electrons. The fraction of sp³-hybridized carbons (Fsp3) is 0.875. The van der Waals surface area contributed by atoms with E-state index in [0.717, 1.165) is 32.0 Å². The average Bonchev–Trinajstić information content (AvgIpc) is 2.21. The van der Waals surface area contributed by atoms with Crippen molar-refractivity contribution in [3.05, 3.63) is 0 Å². The molecule has 0 spiro atoms. The second-order valence-electron chi connectivity index (χ2n) is 2.95. The molecule has 0 aromatic heterocycles. The van der Waals surface area contributed by atoms with Crippen LogP contribution in [0.3, 0.4) is 0 Å². The number of aliphatic imine (C=N–C) groups is 1. The number of nitrogens with one attached hydrogen (secondary N) is 1. The van der Waals surface area contributed by atoms with Crippen LogP contribution in [0.2, 0.25) is 0 Å². The average molecular weight is 202 g/mol. The number of rotatable bonds is 2. The van der Waals surface area contributed by atoms with E-state index in [9.17, 15) is 0 Å². The Morgan fingerprint density at radius 1 is 1.54 bits per heavy atom. The highest BCUT2D eigenvalue weighted by Gasteiger charge is 2.13. The Bertz CT molecular complexity index is 166. The third-order valence-electron chi connectivity index (χ3n) is 1.92. The Balaban J connectivity index is 2.43. The van der Waals surface area contributed by atoms with E-state index in [4.69, 9.17) is 5.84 Å². The fourth-order valence-electron chi connectivity index (χ4n) is 1.23. The van der Waals surface area contributed by atoms with Crippen LogP contribution >= 0.6 is 11.8 Å². The fourth-order valence-corrected chi connectivity index (χ4v) is 2.13. The lowest BCUT2D eigenvalue weighted by Crippen LogP contribution is -2.48. The normalized spacial score (nSPS) is 18.9. The van der Waals surface area contributed by atoms with Crippen LogP contribution in [0.15, 0.2) is 4.99 Å². The zero-order chi connectivity index (χ0) is 9.52. The van der Waals surface area contributed by atoms with E-state index in [2.05, 4.69) is 22.2 Å². The number of nitrogens with zero attached hydrogens (tertiary/aromatic N) is 2. The summed E-state index contributed by atoms with van der Waals surface area (Å²) in [5.41, 5.74) is 2.67. The highest BCUT2D eigenvalue weighted by Crippen LogP contribution is 2.08. The number of hydrogen-bond donors (Lipinski definition) is 2. The van der Waals surface area contributed by atoms with Gasteiger partial charge < -0.3 is 4.90 Å². The molecule has 1 aliphatic rings. The highest BCUT2D eigenvalue weighted by molar-refractivity contribution is 7.99. The third kappa shape index (κ3) is 3.44. The summed E-state index contributed by atoms with van der Waals surface area (Å²) in [5.74, 6) is 8.61. The molecule has 0 unspecified atom stereocenters. The molecule has 5 heteroatoms. The van der Waals surface area contributed by atoms with E-state index < -0.39 is 0 Å². The van der Waals surface area contributed by atoms with Crippen molar-refractivity contribution in [3.8, 4) is 0 Å². The minimum Gasteiger partial charge on any atom is -0.340 e. The molecule has 1 aliphatic heterocycles. The van der Waals surface area contributed by atoms with Gasteiger partial charge in [0.15, 0.2) is 0 Å². The number of hydrazine groups is 1. The molecule has 4 nitrogen and oxygen atoms in total. The molecule has 0 saturated carbocycles. The first-order valence-electron chi connectivity index (χ1n) is 4.72. The Morgan fingerprint density at radius 3 is 2.77 bits per heavy atom. The molecule has 0 aromatic carbocycles. The molecule has 0 atom stereocenters. The predicted octanol–water partition coefficient (Wildman–Crippen LogP) is 0.265. The van der Waals surface area contributed by atoms with Gasteiger partial charge in [-0.3, -0.25) is 10.4 Å². The summed E-state index contributed by atoms with van der Waals surface area (Å²) >= 11 is 1.99. The van der Waals surface area contributed by atoms with E-state index in [1.807, 2.05) is 11.8 Å². The van der Waals surface area contributed by atoms with Gasteiger partial charge >= 0.3 is 0 Å². The van der Waals surface area contributed by atoms with Gasteiger partial charge in [-0.1, -0.05) is 6.92 Å². The van der Waals surface area contributed by atoms with E-state index >= 15 is 0 Å². The van der Waals surface area contributed by atoms with Crippen LogP contribution in [0.25, 0.3) is 0 Å². The van der Waals surface area contributed by atoms with Crippen LogP contribution in [0.5, 0.6) is 0 Å². The molecule has 1 fully saturated rings. The Labute approximate surface area is 83.9 Å². The smallest absolute Gasteiger partial charge is 0.208 e. The lowest BCUT2D eigenvalue weighted by Gasteiger charge is -2.28. The number of guanidine groups is 1. The summed E-state index contributed by atoms with van der Waals surface area (Å²) in [7, 11) is 0. The minimum atomic E-state index is 0.849. The van der Waals surface area contributed by atoms with Crippen molar-refractivity contribution in [2.24, 2.45) is 10.8 Å². The van der Waals surface area contributed by atoms with Crippen molar-refractivity contribution >= 4 is 17.7 Å². The van der Waals surface area contributed by atoms with Gasteiger partial charge in [-0.2, -0.15) is 11.8 Å². The van der Waals surface area contributed by atoms with E-state index in [1.165, 1.54) is 11.5 Å². The maximum Gasteiger partial charge on any atom is 0.208 e. The van der Waals surface area contributed by atoms with Gasteiger partial charge in [0.05, 0.1) is 0 Å².